The maximum absolute atomic E-state index is 11.7. The van der Waals surface area contributed by atoms with Crippen LogP contribution in [0.5, 0.6) is 0 Å². The first kappa shape index (κ1) is 18.1. The van der Waals surface area contributed by atoms with Crippen molar-refractivity contribution in [2.24, 2.45) is 5.41 Å². The van der Waals surface area contributed by atoms with Gasteiger partial charge >= 0.3 is 0 Å². The van der Waals surface area contributed by atoms with Gasteiger partial charge in [0.2, 0.25) is 5.91 Å². The second-order valence-corrected chi connectivity index (χ2v) is 8.04. The fourth-order valence-corrected chi connectivity index (χ4v) is 2.52. The number of halogens is 1. The third kappa shape index (κ3) is 7.49. The van der Waals surface area contributed by atoms with Crippen LogP contribution in [0.2, 0.25) is 0 Å². The molecule has 1 rings (SSSR count). The van der Waals surface area contributed by atoms with E-state index in [9.17, 15) is 4.79 Å². The molecule has 0 aromatic rings. The van der Waals surface area contributed by atoms with E-state index in [4.69, 9.17) is 0 Å². The average molecular weight is 295 g/mol. The van der Waals surface area contributed by atoms with E-state index in [0.29, 0.717) is 5.75 Å². The molecule has 0 saturated carbocycles. The van der Waals surface area contributed by atoms with Gasteiger partial charge < -0.3 is 10.6 Å². The minimum atomic E-state index is 0. The Balaban J connectivity index is 0.00000289. The molecule has 0 spiro atoms. The Bertz CT molecular complexity index is 260. The Morgan fingerprint density at radius 3 is 2.39 bits per heavy atom. The summed E-state index contributed by atoms with van der Waals surface area (Å²) in [5, 5.41) is 6.43. The SMILES string of the molecule is CC1(CNC(=O)CSC(C)(C)C)CCNCC1.Cl. The van der Waals surface area contributed by atoms with Gasteiger partial charge in [0.15, 0.2) is 0 Å². The molecule has 1 aliphatic rings. The van der Waals surface area contributed by atoms with Gasteiger partial charge in [-0.25, -0.2) is 0 Å². The van der Waals surface area contributed by atoms with Gasteiger partial charge in [-0.05, 0) is 31.3 Å². The third-order valence-electron chi connectivity index (χ3n) is 3.16. The highest BCUT2D eigenvalue weighted by Crippen LogP contribution is 2.27. The monoisotopic (exact) mass is 294 g/mol. The van der Waals surface area contributed by atoms with Crippen LogP contribution in [0.1, 0.15) is 40.5 Å². The number of carbonyl (C=O) groups excluding carboxylic acids is 1. The molecule has 1 heterocycles. The maximum Gasteiger partial charge on any atom is 0.230 e. The lowest BCUT2D eigenvalue weighted by Crippen LogP contribution is -2.43. The molecule has 3 nitrogen and oxygen atoms in total. The topological polar surface area (TPSA) is 41.1 Å². The van der Waals surface area contributed by atoms with Gasteiger partial charge in [0, 0.05) is 11.3 Å². The fraction of sp³-hybridized carbons (Fsp3) is 0.923. The number of amides is 1. The van der Waals surface area contributed by atoms with Crippen molar-refractivity contribution in [2.45, 2.75) is 45.3 Å². The number of hydrogen-bond donors (Lipinski definition) is 2. The van der Waals surface area contributed by atoms with Gasteiger partial charge in [0.1, 0.15) is 0 Å². The van der Waals surface area contributed by atoms with Crippen LogP contribution in [-0.4, -0.2) is 36.0 Å². The van der Waals surface area contributed by atoms with Crippen molar-refractivity contribution in [3.8, 4) is 0 Å². The lowest BCUT2D eigenvalue weighted by atomic mass is 9.81. The predicted octanol–water partition coefficient (Wildman–Crippen LogP) is 2.45. The molecule has 108 valence electrons. The Morgan fingerprint density at radius 2 is 1.89 bits per heavy atom. The van der Waals surface area contributed by atoms with Gasteiger partial charge in [0.25, 0.3) is 0 Å². The van der Waals surface area contributed by atoms with Gasteiger partial charge in [0.05, 0.1) is 5.75 Å². The Hall–Kier alpha value is 0.0700. The van der Waals surface area contributed by atoms with Crippen LogP contribution in [-0.2, 0) is 4.79 Å². The summed E-state index contributed by atoms with van der Waals surface area (Å²) < 4.78 is 0.163. The maximum atomic E-state index is 11.7. The number of hydrogen-bond acceptors (Lipinski definition) is 3. The van der Waals surface area contributed by atoms with Crippen LogP contribution in [0.15, 0.2) is 0 Å². The van der Waals surface area contributed by atoms with Gasteiger partial charge in [-0.2, -0.15) is 0 Å². The van der Waals surface area contributed by atoms with Gasteiger partial charge in [-0.3, -0.25) is 4.79 Å². The summed E-state index contributed by atoms with van der Waals surface area (Å²) in [6.45, 7) is 11.6. The molecule has 5 heteroatoms. The van der Waals surface area contributed by atoms with Crippen LogP contribution < -0.4 is 10.6 Å². The van der Waals surface area contributed by atoms with Crippen molar-refractivity contribution >= 4 is 30.1 Å². The molecule has 0 aromatic heterocycles. The smallest absolute Gasteiger partial charge is 0.230 e. The number of carbonyl (C=O) groups is 1. The summed E-state index contributed by atoms with van der Waals surface area (Å²) in [4.78, 5) is 11.7. The van der Waals surface area contributed by atoms with Crippen molar-refractivity contribution in [1.82, 2.24) is 10.6 Å². The molecule has 0 unspecified atom stereocenters. The van der Waals surface area contributed by atoms with Gasteiger partial charge in [-0.1, -0.05) is 27.7 Å². The number of nitrogens with one attached hydrogen (secondary N) is 2. The van der Waals surface area contributed by atoms with Crippen LogP contribution in [0.3, 0.4) is 0 Å². The third-order valence-corrected chi connectivity index (χ3v) is 4.43. The van der Waals surface area contributed by atoms with Crippen LogP contribution in [0.25, 0.3) is 0 Å². The Kier molecular flexibility index (Phi) is 7.64. The molecular weight excluding hydrogens is 268 g/mol. The van der Waals surface area contributed by atoms with Crippen molar-refractivity contribution in [3.05, 3.63) is 0 Å². The first-order valence-electron chi connectivity index (χ1n) is 6.42. The van der Waals surface area contributed by atoms with Crippen LogP contribution in [0, 0.1) is 5.41 Å². The molecule has 1 fully saturated rings. The van der Waals surface area contributed by atoms with Crippen LogP contribution >= 0.6 is 24.2 Å². The molecule has 0 aromatic carbocycles. The van der Waals surface area contributed by atoms with E-state index in [1.54, 1.807) is 11.8 Å². The van der Waals surface area contributed by atoms with Crippen molar-refractivity contribution in [1.29, 1.82) is 0 Å². The quantitative estimate of drug-likeness (QED) is 0.837. The van der Waals surface area contributed by atoms with Crippen molar-refractivity contribution in [3.63, 3.8) is 0 Å². The predicted molar refractivity (Wildman–Crippen MR) is 82.7 cm³/mol. The highest BCUT2D eigenvalue weighted by molar-refractivity contribution is 8.01. The van der Waals surface area contributed by atoms with Gasteiger partial charge in [-0.15, -0.1) is 24.2 Å². The van der Waals surface area contributed by atoms with Crippen molar-refractivity contribution in [2.75, 3.05) is 25.4 Å². The first-order chi connectivity index (χ1) is 7.81. The van der Waals surface area contributed by atoms with Crippen molar-refractivity contribution < 1.29 is 4.79 Å². The largest absolute Gasteiger partial charge is 0.355 e. The zero-order chi connectivity index (χ0) is 12.9. The lowest BCUT2D eigenvalue weighted by Gasteiger charge is -2.34. The highest BCUT2D eigenvalue weighted by atomic mass is 35.5. The molecule has 0 bridgehead atoms. The number of piperidine rings is 1. The second-order valence-electron chi connectivity index (χ2n) is 6.24. The fourth-order valence-electron chi connectivity index (χ4n) is 1.85. The van der Waals surface area contributed by atoms with E-state index in [1.165, 1.54) is 0 Å². The molecule has 0 atom stereocenters. The molecule has 0 radical (unpaired) electrons. The summed E-state index contributed by atoms with van der Waals surface area (Å²) in [5.41, 5.74) is 0.285. The second kappa shape index (κ2) is 7.61. The summed E-state index contributed by atoms with van der Waals surface area (Å²) in [7, 11) is 0. The Labute approximate surface area is 122 Å². The molecule has 0 aliphatic carbocycles. The first-order valence-corrected chi connectivity index (χ1v) is 7.41. The zero-order valence-electron chi connectivity index (χ0n) is 12.0. The van der Waals surface area contributed by atoms with E-state index in [2.05, 4.69) is 38.3 Å². The van der Waals surface area contributed by atoms with E-state index >= 15 is 0 Å². The lowest BCUT2D eigenvalue weighted by molar-refractivity contribution is -0.119. The minimum absolute atomic E-state index is 0. The number of rotatable bonds is 4. The molecular formula is C13H27ClN2OS. The summed E-state index contributed by atoms with van der Waals surface area (Å²) in [6.07, 6.45) is 2.30. The number of thioether (sulfide) groups is 1. The molecule has 2 N–H and O–H groups in total. The van der Waals surface area contributed by atoms with E-state index in [0.717, 1.165) is 32.5 Å². The summed E-state index contributed by atoms with van der Waals surface area (Å²) in [6, 6.07) is 0. The molecule has 18 heavy (non-hydrogen) atoms. The standard InChI is InChI=1S/C13H26N2OS.ClH/c1-12(2,3)17-9-11(16)15-10-13(4)5-7-14-8-6-13;/h14H,5-10H2,1-4H3,(H,15,16);1H. The summed E-state index contributed by atoms with van der Waals surface area (Å²) in [5.74, 6) is 0.738. The Morgan fingerprint density at radius 1 is 1.33 bits per heavy atom. The van der Waals surface area contributed by atoms with E-state index < -0.39 is 0 Å². The average Bonchev–Trinajstić information content (AvgIpc) is 2.24. The molecule has 1 aliphatic heterocycles. The van der Waals surface area contributed by atoms with E-state index in [1.807, 2.05) is 0 Å². The molecule has 1 saturated heterocycles. The minimum Gasteiger partial charge on any atom is -0.355 e. The van der Waals surface area contributed by atoms with Crippen LogP contribution in [0.4, 0.5) is 0 Å². The normalized spacial score (nSPS) is 18.9. The summed E-state index contributed by atoms with van der Waals surface area (Å²) >= 11 is 1.70. The van der Waals surface area contributed by atoms with E-state index in [-0.39, 0.29) is 28.5 Å². The zero-order valence-corrected chi connectivity index (χ0v) is 13.6. The molecule has 1 amide bonds. The highest BCUT2D eigenvalue weighted by Gasteiger charge is 2.27.